The van der Waals surface area contributed by atoms with Crippen LogP contribution in [0.2, 0.25) is 0 Å². The Labute approximate surface area is 134 Å². The molecule has 0 bridgehead atoms. The average Bonchev–Trinajstić information content (AvgIpc) is 2.48. The van der Waals surface area contributed by atoms with Crippen LogP contribution in [0.25, 0.3) is 0 Å². The smallest absolute Gasteiger partial charge is 0.130 e. The lowest BCUT2D eigenvalue weighted by Crippen LogP contribution is -2.55. The van der Waals surface area contributed by atoms with Gasteiger partial charge in [0.15, 0.2) is 0 Å². The summed E-state index contributed by atoms with van der Waals surface area (Å²) in [5, 5.41) is 10.3. The Morgan fingerprint density at radius 2 is 2.00 bits per heavy atom. The lowest BCUT2D eigenvalue weighted by Gasteiger charge is -2.44. The van der Waals surface area contributed by atoms with Gasteiger partial charge in [0.25, 0.3) is 0 Å². The van der Waals surface area contributed by atoms with E-state index in [4.69, 9.17) is 6.42 Å². The van der Waals surface area contributed by atoms with Gasteiger partial charge in [-0.15, -0.1) is 18.8 Å². The quantitative estimate of drug-likeness (QED) is 0.806. The third kappa shape index (κ3) is 4.02. The maximum Gasteiger partial charge on any atom is 0.130 e. The molecule has 1 fully saturated rings. The molecule has 1 aliphatic rings. The normalized spacial score (nSPS) is 28.7. The van der Waals surface area contributed by atoms with Crippen molar-refractivity contribution in [3.63, 3.8) is 0 Å². The number of piperidine rings is 1. The van der Waals surface area contributed by atoms with Crippen LogP contribution in [0.4, 0.5) is 0 Å². The highest BCUT2D eigenvalue weighted by Crippen LogP contribution is 2.31. The second-order valence-electron chi connectivity index (χ2n) is 5.49. The highest BCUT2D eigenvalue weighted by molar-refractivity contribution is 5.85. The molecule has 0 aliphatic carbocycles. The molecule has 0 unspecified atom stereocenters. The van der Waals surface area contributed by atoms with Gasteiger partial charge in [0, 0.05) is 30.5 Å². The molecule has 2 nitrogen and oxygen atoms in total. The van der Waals surface area contributed by atoms with E-state index < -0.39 is 5.60 Å². The second-order valence-corrected chi connectivity index (χ2v) is 5.49. The molecule has 1 aromatic rings. The van der Waals surface area contributed by atoms with Gasteiger partial charge in [0.2, 0.25) is 0 Å². The predicted molar refractivity (Wildman–Crippen MR) is 89.2 cm³/mol. The summed E-state index contributed by atoms with van der Waals surface area (Å²) in [4.78, 5) is 2.28. The van der Waals surface area contributed by atoms with Crippen LogP contribution in [-0.4, -0.2) is 34.7 Å². The van der Waals surface area contributed by atoms with Crippen LogP contribution in [0.1, 0.15) is 25.8 Å². The number of terminal acetylenes is 1. The van der Waals surface area contributed by atoms with E-state index in [1.165, 1.54) is 0 Å². The van der Waals surface area contributed by atoms with E-state index in [0.717, 1.165) is 12.1 Å². The summed E-state index contributed by atoms with van der Waals surface area (Å²) in [7, 11) is 0. The SMILES string of the molecule is C#C[C@]1(O)CCN(CC#Cc2ccccc2)[C@H](C)[C@H]1C.Cl. The number of benzene rings is 1. The largest absolute Gasteiger partial charge is 0.377 e. The van der Waals surface area contributed by atoms with Gasteiger partial charge in [-0.3, -0.25) is 4.90 Å². The predicted octanol–water partition coefficient (Wildman–Crippen LogP) is 2.55. The molecule has 3 atom stereocenters. The first-order valence-corrected chi connectivity index (χ1v) is 7.05. The molecule has 2 rings (SSSR count). The molecule has 3 heteroatoms. The number of hydrogen-bond donors (Lipinski definition) is 1. The minimum Gasteiger partial charge on any atom is -0.377 e. The molecule has 1 N–H and O–H groups in total. The van der Waals surface area contributed by atoms with Crippen LogP contribution < -0.4 is 0 Å². The summed E-state index contributed by atoms with van der Waals surface area (Å²) in [6.07, 6.45) is 6.08. The molecule has 0 saturated carbocycles. The average molecular weight is 304 g/mol. The highest BCUT2D eigenvalue weighted by Gasteiger charge is 2.41. The Kier molecular flexibility index (Phi) is 6.31. The van der Waals surface area contributed by atoms with Crippen molar-refractivity contribution in [1.29, 1.82) is 0 Å². The summed E-state index contributed by atoms with van der Waals surface area (Å²) >= 11 is 0. The zero-order valence-corrected chi connectivity index (χ0v) is 13.4. The Bertz CT molecular complexity index is 554. The maximum atomic E-state index is 10.3. The van der Waals surface area contributed by atoms with Crippen LogP contribution in [-0.2, 0) is 0 Å². The van der Waals surface area contributed by atoms with Gasteiger partial charge in [-0.1, -0.05) is 42.9 Å². The minimum absolute atomic E-state index is 0. The van der Waals surface area contributed by atoms with Crippen LogP contribution in [0.3, 0.4) is 0 Å². The fraction of sp³-hybridized carbons (Fsp3) is 0.444. The van der Waals surface area contributed by atoms with Crippen molar-refractivity contribution in [3.8, 4) is 24.2 Å². The van der Waals surface area contributed by atoms with Crippen molar-refractivity contribution in [2.24, 2.45) is 5.92 Å². The number of rotatable bonds is 1. The zero-order valence-electron chi connectivity index (χ0n) is 12.5. The fourth-order valence-corrected chi connectivity index (χ4v) is 2.65. The summed E-state index contributed by atoms with van der Waals surface area (Å²) < 4.78 is 0. The first-order valence-electron chi connectivity index (χ1n) is 7.05. The van der Waals surface area contributed by atoms with Crippen LogP contribution >= 0.6 is 12.4 Å². The van der Waals surface area contributed by atoms with Gasteiger partial charge in [0.05, 0.1) is 6.54 Å². The number of aliphatic hydroxyl groups is 1. The third-order valence-electron chi connectivity index (χ3n) is 4.37. The van der Waals surface area contributed by atoms with E-state index in [1.807, 2.05) is 37.3 Å². The molecule has 0 spiro atoms. The first kappa shape index (κ1) is 17.6. The third-order valence-corrected chi connectivity index (χ3v) is 4.37. The molecular weight excluding hydrogens is 282 g/mol. The van der Waals surface area contributed by atoms with Crippen LogP contribution in [0.15, 0.2) is 30.3 Å². The van der Waals surface area contributed by atoms with Gasteiger partial charge >= 0.3 is 0 Å². The Morgan fingerprint density at radius 3 is 2.62 bits per heavy atom. The number of halogens is 1. The molecule has 1 aromatic carbocycles. The molecule has 112 valence electrons. The van der Waals surface area contributed by atoms with E-state index in [0.29, 0.717) is 13.0 Å². The summed E-state index contributed by atoms with van der Waals surface area (Å²) in [5.74, 6) is 8.99. The molecule has 0 amide bonds. The van der Waals surface area contributed by atoms with Gasteiger partial charge in [-0.2, -0.15) is 0 Å². The van der Waals surface area contributed by atoms with E-state index in [1.54, 1.807) is 0 Å². The van der Waals surface area contributed by atoms with Crippen molar-refractivity contribution < 1.29 is 5.11 Å². The number of likely N-dealkylation sites (tertiary alicyclic amines) is 1. The van der Waals surface area contributed by atoms with Crippen LogP contribution in [0.5, 0.6) is 0 Å². The second kappa shape index (κ2) is 7.53. The zero-order chi connectivity index (χ0) is 14.6. The molecular formula is C18H22ClNO. The van der Waals surface area contributed by atoms with Crippen molar-refractivity contribution in [2.75, 3.05) is 13.1 Å². The van der Waals surface area contributed by atoms with Crippen molar-refractivity contribution in [3.05, 3.63) is 35.9 Å². The van der Waals surface area contributed by atoms with E-state index in [9.17, 15) is 5.11 Å². The molecule has 1 saturated heterocycles. The van der Waals surface area contributed by atoms with E-state index in [2.05, 4.69) is 29.6 Å². The van der Waals surface area contributed by atoms with Crippen molar-refractivity contribution >= 4 is 12.4 Å². The highest BCUT2D eigenvalue weighted by atomic mass is 35.5. The lowest BCUT2D eigenvalue weighted by molar-refractivity contribution is -0.0447. The van der Waals surface area contributed by atoms with Gasteiger partial charge < -0.3 is 5.11 Å². The Morgan fingerprint density at radius 1 is 1.33 bits per heavy atom. The van der Waals surface area contributed by atoms with Crippen molar-refractivity contribution in [1.82, 2.24) is 4.90 Å². The minimum atomic E-state index is -0.969. The molecule has 21 heavy (non-hydrogen) atoms. The fourth-order valence-electron chi connectivity index (χ4n) is 2.65. The van der Waals surface area contributed by atoms with Gasteiger partial charge in [-0.25, -0.2) is 0 Å². The maximum absolute atomic E-state index is 10.3. The lowest BCUT2D eigenvalue weighted by atomic mass is 9.78. The summed E-state index contributed by atoms with van der Waals surface area (Å²) in [5.41, 5.74) is 0.0633. The Hall–Kier alpha value is -1.45. The summed E-state index contributed by atoms with van der Waals surface area (Å²) in [6.45, 7) is 5.62. The monoisotopic (exact) mass is 303 g/mol. The van der Waals surface area contributed by atoms with E-state index >= 15 is 0 Å². The standard InChI is InChI=1S/C18H21NO.ClH/c1-4-18(20)12-14-19(16(3)15(18)2)13-8-11-17-9-6-5-7-10-17;/h1,5-7,9-10,15-16,20H,12-14H2,2-3H3;1H/t15-,16-,18+;/m1./s1. The first-order chi connectivity index (χ1) is 9.57. The van der Waals surface area contributed by atoms with Crippen molar-refractivity contribution in [2.45, 2.75) is 31.9 Å². The van der Waals surface area contributed by atoms with Gasteiger partial charge in [0.1, 0.15) is 5.60 Å². The summed E-state index contributed by atoms with van der Waals surface area (Å²) in [6, 6.07) is 10.2. The molecule has 1 heterocycles. The number of nitrogens with zero attached hydrogens (tertiary/aromatic N) is 1. The number of hydrogen-bond acceptors (Lipinski definition) is 2. The molecule has 0 aromatic heterocycles. The van der Waals surface area contributed by atoms with Crippen LogP contribution in [0, 0.1) is 30.1 Å². The topological polar surface area (TPSA) is 23.5 Å². The Balaban J connectivity index is 0.00000220. The molecule has 0 radical (unpaired) electrons. The van der Waals surface area contributed by atoms with Gasteiger partial charge in [-0.05, 0) is 19.1 Å². The van der Waals surface area contributed by atoms with E-state index in [-0.39, 0.29) is 24.4 Å². The molecule has 1 aliphatic heterocycles.